The number of imidazole rings is 1. The molecular formula is C31H34BrN3O. The second-order valence-corrected chi connectivity index (χ2v) is 9.93. The van der Waals surface area contributed by atoms with Crippen LogP contribution < -0.4 is 27.3 Å². The number of amides is 1. The van der Waals surface area contributed by atoms with Crippen molar-refractivity contribution in [1.29, 1.82) is 0 Å². The van der Waals surface area contributed by atoms with Crippen LogP contribution in [0.3, 0.4) is 0 Å². The predicted octanol–water partition coefficient (Wildman–Crippen LogP) is 2.26. The summed E-state index contributed by atoms with van der Waals surface area (Å²) in [5.74, 6) is 1.10. The van der Waals surface area contributed by atoms with E-state index in [1.165, 1.54) is 17.0 Å². The van der Waals surface area contributed by atoms with E-state index in [1.54, 1.807) is 0 Å². The molecule has 5 rings (SSSR count). The molecule has 3 aromatic carbocycles. The van der Waals surface area contributed by atoms with Crippen molar-refractivity contribution in [2.75, 3.05) is 0 Å². The molecule has 1 amide bonds. The van der Waals surface area contributed by atoms with E-state index in [0.29, 0.717) is 6.04 Å². The summed E-state index contributed by atoms with van der Waals surface area (Å²) >= 11 is 0. The number of rotatable bonds is 7. The molecule has 2 N–H and O–H groups in total. The van der Waals surface area contributed by atoms with E-state index in [9.17, 15) is 4.79 Å². The molecule has 1 fully saturated rings. The van der Waals surface area contributed by atoms with Gasteiger partial charge in [0.2, 0.25) is 5.91 Å². The van der Waals surface area contributed by atoms with E-state index < -0.39 is 5.41 Å². The molecule has 1 aromatic heterocycles. The van der Waals surface area contributed by atoms with Gasteiger partial charge in [-0.25, -0.2) is 9.13 Å². The molecule has 0 saturated heterocycles. The number of primary amides is 1. The van der Waals surface area contributed by atoms with Crippen LogP contribution in [0.2, 0.25) is 0 Å². The van der Waals surface area contributed by atoms with E-state index in [0.717, 1.165) is 36.9 Å². The van der Waals surface area contributed by atoms with Crippen molar-refractivity contribution >= 4 is 5.91 Å². The zero-order valence-electron chi connectivity index (χ0n) is 21.0. The number of nitrogens with two attached hydrogens (primary N) is 1. The van der Waals surface area contributed by atoms with Crippen molar-refractivity contribution in [3.05, 3.63) is 125 Å². The van der Waals surface area contributed by atoms with Crippen LogP contribution in [-0.4, -0.2) is 10.5 Å². The van der Waals surface area contributed by atoms with Crippen LogP contribution in [0.25, 0.3) is 0 Å². The molecule has 1 saturated carbocycles. The average molecular weight is 545 g/mol. The number of nitrogens with zero attached hydrogens (tertiary/aromatic N) is 2. The van der Waals surface area contributed by atoms with Gasteiger partial charge in [-0.15, -0.1) is 0 Å². The lowest BCUT2D eigenvalue weighted by atomic mass is 9.64. The molecule has 0 aliphatic heterocycles. The minimum absolute atomic E-state index is 0. The second kappa shape index (κ2) is 10.8. The Bertz CT molecular complexity index is 1260. The number of hydrogen-bond donors (Lipinski definition) is 1. The highest BCUT2D eigenvalue weighted by molar-refractivity contribution is 5.91. The molecule has 0 unspecified atom stereocenters. The van der Waals surface area contributed by atoms with Crippen LogP contribution in [0, 0.1) is 19.8 Å². The van der Waals surface area contributed by atoms with Crippen molar-refractivity contribution in [2.45, 2.75) is 51.1 Å². The summed E-state index contributed by atoms with van der Waals surface area (Å²) in [4.78, 5) is 13.4. The molecule has 1 heterocycles. The summed E-state index contributed by atoms with van der Waals surface area (Å²) in [6.07, 6.45) is 7.27. The molecular weight excluding hydrogens is 510 g/mol. The Morgan fingerprint density at radius 3 is 2.06 bits per heavy atom. The maximum Gasteiger partial charge on any atom is 0.253 e. The number of carbonyl (C=O) groups excluding carboxylic acids is 1. The van der Waals surface area contributed by atoms with Crippen LogP contribution in [0.4, 0.5) is 0 Å². The number of benzene rings is 3. The SMILES string of the molecule is Cc1ccc(C[n+]2ccn([C@@H]3CC[C@H](C(C(N)=O)(c4ccccc4)c4ccccc4)C3)c2C)cc1.[Br-]. The largest absolute Gasteiger partial charge is 1.00 e. The summed E-state index contributed by atoms with van der Waals surface area (Å²) < 4.78 is 4.71. The summed E-state index contributed by atoms with van der Waals surface area (Å²) in [6.45, 7) is 5.16. The smallest absolute Gasteiger partial charge is 0.253 e. The normalized spacial score (nSPS) is 17.5. The van der Waals surface area contributed by atoms with Crippen molar-refractivity contribution in [2.24, 2.45) is 11.7 Å². The number of halogens is 1. The Labute approximate surface area is 224 Å². The molecule has 5 heteroatoms. The highest BCUT2D eigenvalue weighted by Gasteiger charge is 2.51. The van der Waals surface area contributed by atoms with E-state index >= 15 is 0 Å². The fourth-order valence-electron chi connectivity index (χ4n) is 6.09. The summed E-state index contributed by atoms with van der Waals surface area (Å²) in [5, 5.41) is 0. The highest BCUT2D eigenvalue weighted by atomic mass is 79.9. The summed E-state index contributed by atoms with van der Waals surface area (Å²) in [5.41, 5.74) is 10.00. The van der Waals surface area contributed by atoms with Crippen molar-refractivity contribution < 1.29 is 26.3 Å². The Balaban J connectivity index is 0.00000304. The van der Waals surface area contributed by atoms with Crippen LogP contribution in [0.1, 0.15) is 53.4 Å². The van der Waals surface area contributed by atoms with Crippen LogP contribution in [-0.2, 0) is 16.8 Å². The second-order valence-electron chi connectivity index (χ2n) is 9.93. The molecule has 36 heavy (non-hydrogen) atoms. The van der Waals surface area contributed by atoms with Gasteiger partial charge in [0, 0.05) is 6.92 Å². The first-order valence-corrected chi connectivity index (χ1v) is 12.5. The van der Waals surface area contributed by atoms with Crippen molar-refractivity contribution in [3.63, 3.8) is 0 Å². The zero-order valence-corrected chi connectivity index (χ0v) is 22.6. The Morgan fingerprint density at radius 2 is 1.50 bits per heavy atom. The van der Waals surface area contributed by atoms with E-state index in [-0.39, 0.29) is 28.8 Å². The van der Waals surface area contributed by atoms with Gasteiger partial charge in [-0.3, -0.25) is 4.79 Å². The minimum Gasteiger partial charge on any atom is -1.00 e. The molecule has 0 radical (unpaired) electrons. The van der Waals surface area contributed by atoms with E-state index in [4.69, 9.17) is 5.73 Å². The first kappa shape index (κ1) is 25.9. The van der Waals surface area contributed by atoms with Gasteiger partial charge < -0.3 is 22.7 Å². The molecule has 0 spiro atoms. The Hall–Kier alpha value is -3.18. The van der Waals surface area contributed by atoms with Gasteiger partial charge in [-0.2, -0.15) is 0 Å². The standard InChI is InChI=1S/C31H33N3O.BrH/c1-23-13-15-25(16-14-23)22-33-19-20-34(24(33)2)29-18-17-28(21-29)31(30(32)35,26-9-5-3-6-10-26)27-11-7-4-8-12-27;/h3-16,19-20,28-29H,17-18,21-22H2,1-2H3,(H-,32,35);1H/t28-,29+;/m0./s1. The third-order valence-corrected chi connectivity index (χ3v) is 7.93. The van der Waals surface area contributed by atoms with Crippen LogP contribution >= 0.6 is 0 Å². The topological polar surface area (TPSA) is 51.9 Å². The lowest BCUT2D eigenvalue weighted by Gasteiger charge is -2.37. The number of hydrogen-bond acceptors (Lipinski definition) is 1. The molecule has 2 atom stereocenters. The maximum atomic E-state index is 13.4. The molecule has 1 aliphatic rings. The van der Waals surface area contributed by atoms with Crippen LogP contribution in [0.15, 0.2) is 97.3 Å². The molecule has 186 valence electrons. The third kappa shape index (κ3) is 4.64. The van der Waals surface area contributed by atoms with Gasteiger partial charge >= 0.3 is 0 Å². The quantitative estimate of drug-likeness (QED) is 0.357. The highest BCUT2D eigenvalue weighted by Crippen LogP contribution is 2.49. The predicted molar refractivity (Wildman–Crippen MR) is 139 cm³/mol. The fourth-order valence-corrected chi connectivity index (χ4v) is 6.09. The first-order valence-electron chi connectivity index (χ1n) is 12.5. The maximum absolute atomic E-state index is 13.4. The van der Waals surface area contributed by atoms with E-state index in [2.05, 4.69) is 83.9 Å². The van der Waals surface area contributed by atoms with Gasteiger partial charge in [-0.1, -0.05) is 90.5 Å². The number of carbonyl (C=O) groups is 1. The molecule has 4 aromatic rings. The molecule has 0 bridgehead atoms. The summed E-state index contributed by atoms with van der Waals surface area (Å²) in [7, 11) is 0. The Kier molecular flexibility index (Phi) is 7.79. The average Bonchev–Trinajstić information content (AvgIpc) is 3.49. The first-order chi connectivity index (χ1) is 17.0. The van der Waals surface area contributed by atoms with Crippen molar-refractivity contribution in [1.82, 2.24) is 4.57 Å². The fraction of sp³-hybridized carbons (Fsp3) is 0.290. The van der Waals surface area contributed by atoms with Gasteiger partial charge in [0.1, 0.15) is 30.4 Å². The zero-order chi connectivity index (χ0) is 24.4. The number of aromatic nitrogens is 2. The van der Waals surface area contributed by atoms with Gasteiger partial charge in [0.25, 0.3) is 5.82 Å². The monoisotopic (exact) mass is 543 g/mol. The number of aryl methyl sites for hydroxylation is 1. The minimum atomic E-state index is -0.837. The van der Waals surface area contributed by atoms with Gasteiger partial charge in [-0.05, 0) is 48.8 Å². The lowest BCUT2D eigenvalue weighted by Crippen LogP contribution is -3.00. The molecule has 1 aliphatic carbocycles. The van der Waals surface area contributed by atoms with E-state index in [1.807, 2.05) is 36.4 Å². The van der Waals surface area contributed by atoms with Gasteiger partial charge in [0.05, 0.1) is 0 Å². The van der Waals surface area contributed by atoms with Gasteiger partial charge in [0.15, 0.2) is 0 Å². The van der Waals surface area contributed by atoms with Crippen molar-refractivity contribution in [3.8, 4) is 0 Å². The van der Waals surface area contributed by atoms with Crippen LogP contribution in [0.5, 0.6) is 0 Å². The third-order valence-electron chi connectivity index (χ3n) is 7.93. The summed E-state index contributed by atoms with van der Waals surface area (Å²) in [6, 6.07) is 29.3. The molecule has 4 nitrogen and oxygen atoms in total. The lowest BCUT2D eigenvalue weighted by molar-refractivity contribution is -0.694. The Morgan fingerprint density at radius 1 is 0.917 bits per heavy atom.